The molecular formula is C11H10N3NaOS. The molecule has 0 radical (unpaired) electrons. The Labute approximate surface area is 126 Å². The summed E-state index contributed by atoms with van der Waals surface area (Å²) in [6, 6.07) is 3.76. The van der Waals surface area contributed by atoms with Crippen molar-refractivity contribution in [1.82, 2.24) is 14.8 Å². The van der Waals surface area contributed by atoms with Gasteiger partial charge in [-0.3, -0.25) is 0 Å². The molecule has 0 bridgehead atoms. The van der Waals surface area contributed by atoms with E-state index in [4.69, 9.17) is 0 Å². The Morgan fingerprint density at radius 1 is 1.35 bits per heavy atom. The van der Waals surface area contributed by atoms with Crippen LogP contribution >= 0.6 is 11.8 Å². The molecule has 0 fully saturated rings. The zero-order chi connectivity index (χ0) is 11.1. The third-order valence-corrected chi connectivity index (χ3v) is 3.59. The summed E-state index contributed by atoms with van der Waals surface area (Å²) in [4.78, 5) is 4.22. The van der Waals surface area contributed by atoms with Crippen molar-refractivity contribution in [3.05, 3.63) is 35.2 Å². The molecule has 0 aliphatic carbocycles. The molecule has 0 N–H and O–H groups in total. The molecule has 0 spiro atoms. The minimum atomic E-state index is -0.0173. The standard InChI is InChI=1S/C11H11N3OS.Na/c1-7-2-3-10(12-4-7)14-11(15)8-5-16-6-9(8)13-14;/h2-4,15H,5-6H2,1H3;/q;+1/p-1. The molecule has 0 atom stereocenters. The maximum Gasteiger partial charge on any atom is 1.00 e. The van der Waals surface area contributed by atoms with Gasteiger partial charge in [0.1, 0.15) is 0 Å². The first-order valence-electron chi connectivity index (χ1n) is 5.04. The molecule has 1 aliphatic rings. The van der Waals surface area contributed by atoms with Gasteiger partial charge in [-0.15, -0.1) is 0 Å². The summed E-state index contributed by atoms with van der Waals surface area (Å²) in [6.45, 7) is 1.97. The summed E-state index contributed by atoms with van der Waals surface area (Å²) in [6.07, 6.45) is 1.75. The molecule has 3 rings (SSSR count). The van der Waals surface area contributed by atoms with Crippen LogP contribution in [0.3, 0.4) is 0 Å². The average molecular weight is 255 g/mol. The number of fused-ring (bicyclic) bond motifs is 1. The van der Waals surface area contributed by atoms with Crippen LogP contribution in [0.1, 0.15) is 16.8 Å². The zero-order valence-corrected chi connectivity index (χ0v) is 12.6. The Hall–Kier alpha value is -0.490. The Kier molecular flexibility index (Phi) is 3.82. The molecule has 3 heterocycles. The van der Waals surface area contributed by atoms with Gasteiger partial charge in [-0.25, -0.2) is 9.67 Å². The number of hydrogen-bond donors (Lipinski definition) is 0. The minimum absolute atomic E-state index is 0. The van der Waals surface area contributed by atoms with E-state index in [1.54, 1.807) is 18.0 Å². The second-order valence-electron chi connectivity index (χ2n) is 3.83. The number of nitrogens with zero attached hydrogens (tertiary/aromatic N) is 3. The molecule has 0 unspecified atom stereocenters. The summed E-state index contributed by atoms with van der Waals surface area (Å²) >= 11 is 1.73. The van der Waals surface area contributed by atoms with Crippen LogP contribution in [0.25, 0.3) is 5.82 Å². The fourth-order valence-corrected chi connectivity index (χ4v) is 2.75. The van der Waals surface area contributed by atoms with Gasteiger partial charge in [-0.2, -0.15) is 16.9 Å². The van der Waals surface area contributed by atoms with E-state index in [1.807, 2.05) is 19.1 Å². The molecule has 0 aromatic carbocycles. The van der Waals surface area contributed by atoms with Crippen molar-refractivity contribution in [2.24, 2.45) is 0 Å². The fraction of sp³-hybridized carbons (Fsp3) is 0.273. The van der Waals surface area contributed by atoms with Crippen molar-refractivity contribution in [3.8, 4) is 11.7 Å². The van der Waals surface area contributed by atoms with Gasteiger partial charge in [0.25, 0.3) is 0 Å². The fourth-order valence-electron chi connectivity index (χ4n) is 1.73. The smallest absolute Gasteiger partial charge is 0.858 e. The van der Waals surface area contributed by atoms with Crippen LogP contribution < -0.4 is 34.7 Å². The van der Waals surface area contributed by atoms with Gasteiger partial charge < -0.3 is 5.11 Å². The third kappa shape index (κ3) is 2.25. The van der Waals surface area contributed by atoms with Gasteiger partial charge in [0.2, 0.25) is 0 Å². The summed E-state index contributed by atoms with van der Waals surface area (Å²) in [5.74, 6) is 2.20. The van der Waals surface area contributed by atoms with E-state index in [-0.39, 0.29) is 35.4 Å². The zero-order valence-electron chi connectivity index (χ0n) is 9.80. The number of rotatable bonds is 1. The van der Waals surface area contributed by atoms with Crippen LogP contribution in [0, 0.1) is 6.92 Å². The van der Waals surface area contributed by atoms with Gasteiger partial charge in [0.15, 0.2) is 5.82 Å². The maximum atomic E-state index is 12.0. The predicted molar refractivity (Wildman–Crippen MR) is 60.5 cm³/mol. The van der Waals surface area contributed by atoms with Crippen molar-refractivity contribution in [3.63, 3.8) is 0 Å². The van der Waals surface area contributed by atoms with Crippen molar-refractivity contribution in [2.75, 3.05) is 0 Å². The van der Waals surface area contributed by atoms with E-state index in [1.165, 1.54) is 4.68 Å². The van der Waals surface area contributed by atoms with Crippen LogP contribution in [0.4, 0.5) is 0 Å². The SMILES string of the molecule is Cc1ccc(-n2nc3c(c2[O-])CSC3)nc1.[Na+]. The van der Waals surface area contributed by atoms with E-state index >= 15 is 0 Å². The van der Waals surface area contributed by atoms with Gasteiger partial charge in [-0.1, -0.05) is 6.07 Å². The first-order chi connectivity index (χ1) is 7.75. The largest absolute Gasteiger partial charge is 1.00 e. The molecule has 2 aromatic heterocycles. The van der Waals surface area contributed by atoms with Crippen LogP contribution in [-0.2, 0) is 11.5 Å². The van der Waals surface area contributed by atoms with Crippen molar-refractivity contribution < 1.29 is 34.7 Å². The quantitative estimate of drug-likeness (QED) is 0.576. The molecular weight excluding hydrogens is 245 g/mol. The summed E-state index contributed by atoms with van der Waals surface area (Å²) < 4.78 is 1.41. The molecule has 2 aromatic rings. The number of hydrogen-bond acceptors (Lipinski definition) is 4. The molecule has 6 heteroatoms. The summed E-state index contributed by atoms with van der Waals surface area (Å²) in [5.41, 5.74) is 2.83. The van der Waals surface area contributed by atoms with E-state index in [9.17, 15) is 5.11 Å². The van der Waals surface area contributed by atoms with Gasteiger partial charge >= 0.3 is 29.6 Å². The minimum Gasteiger partial charge on any atom is -0.858 e. The Bertz CT molecular complexity index is 538. The normalized spacial score (nSPS) is 13.2. The van der Waals surface area contributed by atoms with E-state index in [0.717, 1.165) is 28.3 Å². The van der Waals surface area contributed by atoms with Gasteiger partial charge in [0, 0.05) is 17.7 Å². The maximum absolute atomic E-state index is 12.0. The van der Waals surface area contributed by atoms with Crippen molar-refractivity contribution in [1.29, 1.82) is 0 Å². The van der Waals surface area contributed by atoms with E-state index < -0.39 is 0 Å². The molecule has 0 saturated carbocycles. The third-order valence-electron chi connectivity index (χ3n) is 2.62. The second kappa shape index (κ2) is 5.02. The topological polar surface area (TPSA) is 53.8 Å². The van der Waals surface area contributed by atoms with Crippen molar-refractivity contribution in [2.45, 2.75) is 18.4 Å². The monoisotopic (exact) mass is 255 g/mol. The molecule has 0 saturated heterocycles. The predicted octanol–water partition coefficient (Wildman–Crippen LogP) is -1.60. The van der Waals surface area contributed by atoms with E-state index in [2.05, 4.69) is 10.1 Å². The van der Waals surface area contributed by atoms with Crippen molar-refractivity contribution >= 4 is 11.8 Å². The Morgan fingerprint density at radius 3 is 2.82 bits per heavy atom. The van der Waals surface area contributed by atoms with E-state index in [0.29, 0.717) is 5.82 Å². The van der Waals surface area contributed by atoms with Crippen LogP contribution in [0.15, 0.2) is 18.3 Å². The first-order valence-corrected chi connectivity index (χ1v) is 6.20. The number of aromatic nitrogens is 3. The second-order valence-corrected chi connectivity index (χ2v) is 4.81. The molecule has 4 nitrogen and oxygen atoms in total. The van der Waals surface area contributed by atoms with Crippen LogP contribution in [0.5, 0.6) is 5.88 Å². The number of aryl methyl sites for hydroxylation is 1. The average Bonchev–Trinajstić information content (AvgIpc) is 2.84. The molecule has 17 heavy (non-hydrogen) atoms. The van der Waals surface area contributed by atoms with Crippen LogP contribution in [0.2, 0.25) is 0 Å². The Morgan fingerprint density at radius 2 is 2.18 bits per heavy atom. The van der Waals surface area contributed by atoms with Gasteiger partial charge in [0.05, 0.1) is 5.69 Å². The molecule has 82 valence electrons. The number of thioether (sulfide) groups is 1. The van der Waals surface area contributed by atoms with Crippen LogP contribution in [-0.4, -0.2) is 14.8 Å². The summed E-state index contributed by atoms with van der Waals surface area (Å²) in [5, 5.41) is 16.3. The molecule has 1 aliphatic heterocycles. The Balaban J connectivity index is 0.00000108. The molecule has 0 amide bonds. The number of pyridine rings is 1. The van der Waals surface area contributed by atoms with Gasteiger partial charge in [-0.05, 0) is 30.0 Å². The summed E-state index contributed by atoms with van der Waals surface area (Å²) in [7, 11) is 0. The first kappa shape index (κ1) is 13.0.